The number of aromatic nitrogens is 2. The molecule has 1 unspecified atom stereocenters. The number of carbonyl (C=O) groups is 1. The SMILES string of the molecule is CCN(Cc1nc(C(C)(C)NC(=O)OC(C)(C)C)no1)CC1COc2ccccc2O1. The minimum Gasteiger partial charge on any atom is -0.486 e. The van der Waals surface area contributed by atoms with E-state index >= 15 is 0 Å². The Morgan fingerprint density at radius 1 is 1.23 bits per heavy atom. The Morgan fingerprint density at radius 3 is 2.61 bits per heavy atom. The van der Waals surface area contributed by atoms with Gasteiger partial charge in [-0.2, -0.15) is 4.98 Å². The predicted octanol–water partition coefficient (Wildman–Crippen LogP) is 3.49. The molecule has 2 heterocycles. The summed E-state index contributed by atoms with van der Waals surface area (Å²) < 4.78 is 22.6. The normalized spacial score (nSPS) is 16.3. The maximum atomic E-state index is 12.1. The van der Waals surface area contributed by atoms with E-state index < -0.39 is 17.2 Å². The van der Waals surface area contributed by atoms with Crippen LogP contribution in [-0.4, -0.2) is 52.5 Å². The van der Waals surface area contributed by atoms with E-state index in [9.17, 15) is 4.79 Å². The van der Waals surface area contributed by atoms with E-state index in [1.807, 2.05) is 45.0 Å². The zero-order valence-electron chi connectivity index (χ0n) is 19.1. The Bertz CT molecular complexity index is 890. The van der Waals surface area contributed by atoms with Gasteiger partial charge in [0.15, 0.2) is 17.3 Å². The van der Waals surface area contributed by atoms with Crippen LogP contribution in [0.5, 0.6) is 11.5 Å². The summed E-state index contributed by atoms with van der Waals surface area (Å²) in [5, 5.41) is 6.85. The maximum absolute atomic E-state index is 12.1. The van der Waals surface area contributed by atoms with Crippen LogP contribution >= 0.6 is 0 Å². The minimum atomic E-state index is -0.842. The lowest BCUT2D eigenvalue weighted by Gasteiger charge is -2.30. The summed E-state index contributed by atoms with van der Waals surface area (Å²) in [6.07, 6.45) is -0.628. The fourth-order valence-electron chi connectivity index (χ4n) is 3.13. The number of benzene rings is 1. The van der Waals surface area contributed by atoms with Crippen molar-refractivity contribution in [3.05, 3.63) is 36.0 Å². The highest BCUT2D eigenvalue weighted by Crippen LogP contribution is 2.31. The minimum absolute atomic E-state index is 0.0949. The molecule has 0 bridgehead atoms. The second-order valence-electron chi connectivity index (χ2n) is 9.09. The van der Waals surface area contributed by atoms with E-state index in [1.165, 1.54) is 0 Å². The first kappa shape index (κ1) is 22.9. The lowest BCUT2D eigenvalue weighted by Crippen LogP contribution is -2.44. The zero-order valence-corrected chi connectivity index (χ0v) is 19.1. The Kier molecular flexibility index (Phi) is 6.74. The van der Waals surface area contributed by atoms with Gasteiger partial charge in [-0.25, -0.2) is 4.79 Å². The highest BCUT2D eigenvalue weighted by Gasteiger charge is 2.31. The topological polar surface area (TPSA) is 99.0 Å². The standard InChI is InChI=1S/C22H32N4O5/c1-7-26(12-15-14-28-16-10-8-9-11-17(16)29-15)13-18-23-19(25-31-18)22(5,6)24-20(27)30-21(2,3)4/h8-11,15H,7,12-14H2,1-6H3,(H,24,27). The number of ether oxygens (including phenoxy) is 3. The van der Waals surface area contributed by atoms with Crippen molar-refractivity contribution in [2.75, 3.05) is 19.7 Å². The number of nitrogens with one attached hydrogen (secondary N) is 1. The van der Waals surface area contributed by atoms with Gasteiger partial charge >= 0.3 is 6.09 Å². The summed E-state index contributed by atoms with van der Waals surface area (Å²) in [5.74, 6) is 2.37. The summed E-state index contributed by atoms with van der Waals surface area (Å²) in [6, 6.07) is 7.65. The van der Waals surface area contributed by atoms with Gasteiger partial charge in [0, 0.05) is 6.54 Å². The molecule has 1 amide bonds. The summed E-state index contributed by atoms with van der Waals surface area (Å²) in [6.45, 7) is 13.5. The molecule has 0 saturated carbocycles. The molecule has 1 atom stereocenters. The summed E-state index contributed by atoms with van der Waals surface area (Å²) in [7, 11) is 0. The van der Waals surface area contributed by atoms with E-state index in [4.69, 9.17) is 18.7 Å². The first-order chi connectivity index (χ1) is 14.6. The van der Waals surface area contributed by atoms with Crippen molar-refractivity contribution < 1.29 is 23.5 Å². The third-order valence-corrected chi connectivity index (χ3v) is 4.68. The molecule has 3 rings (SSSR count). The molecule has 1 aromatic carbocycles. The molecule has 1 aliphatic rings. The Labute approximate surface area is 183 Å². The van der Waals surface area contributed by atoms with Gasteiger partial charge in [-0.1, -0.05) is 24.2 Å². The number of carbonyl (C=O) groups excluding carboxylic acids is 1. The molecule has 0 saturated heterocycles. The van der Waals surface area contributed by atoms with Gasteiger partial charge in [0.05, 0.1) is 6.54 Å². The first-order valence-corrected chi connectivity index (χ1v) is 10.5. The molecule has 2 aromatic rings. The van der Waals surface area contributed by atoms with E-state index in [0.29, 0.717) is 31.4 Å². The molecule has 0 aliphatic carbocycles. The van der Waals surface area contributed by atoms with Gasteiger partial charge in [-0.15, -0.1) is 0 Å². The fourth-order valence-corrected chi connectivity index (χ4v) is 3.13. The number of hydrogen-bond donors (Lipinski definition) is 1. The van der Waals surface area contributed by atoms with Crippen molar-refractivity contribution in [2.45, 2.75) is 65.3 Å². The molecule has 31 heavy (non-hydrogen) atoms. The lowest BCUT2D eigenvalue weighted by molar-refractivity contribution is 0.0465. The van der Waals surface area contributed by atoms with Crippen molar-refractivity contribution in [1.82, 2.24) is 20.4 Å². The van der Waals surface area contributed by atoms with Gasteiger partial charge in [0.25, 0.3) is 0 Å². The second kappa shape index (κ2) is 9.13. The second-order valence-corrected chi connectivity index (χ2v) is 9.09. The van der Waals surface area contributed by atoms with Gasteiger partial charge in [-0.05, 0) is 53.3 Å². The number of amides is 1. The van der Waals surface area contributed by atoms with Gasteiger partial charge in [0.1, 0.15) is 23.9 Å². The van der Waals surface area contributed by atoms with E-state index in [1.54, 1.807) is 13.8 Å². The van der Waals surface area contributed by atoms with Crippen LogP contribution in [0.3, 0.4) is 0 Å². The zero-order chi connectivity index (χ0) is 22.6. The smallest absolute Gasteiger partial charge is 0.408 e. The largest absolute Gasteiger partial charge is 0.486 e. The average Bonchev–Trinajstić information content (AvgIpc) is 3.15. The maximum Gasteiger partial charge on any atom is 0.408 e. The summed E-state index contributed by atoms with van der Waals surface area (Å²) >= 11 is 0. The van der Waals surface area contributed by atoms with E-state index in [0.717, 1.165) is 18.0 Å². The number of likely N-dealkylation sites (N-methyl/N-ethyl adjacent to an activating group) is 1. The van der Waals surface area contributed by atoms with Crippen molar-refractivity contribution >= 4 is 6.09 Å². The van der Waals surface area contributed by atoms with Crippen LogP contribution in [0.1, 0.15) is 53.3 Å². The third-order valence-electron chi connectivity index (χ3n) is 4.68. The quantitative estimate of drug-likeness (QED) is 0.710. The van der Waals surface area contributed by atoms with Crippen molar-refractivity contribution in [3.8, 4) is 11.5 Å². The molecular formula is C22H32N4O5. The van der Waals surface area contributed by atoms with Crippen LogP contribution in [0, 0.1) is 0 Å². The monoisotopic (exact) mass is 432 g/mol. The Balaban J connectivity index is 1.58. The van der Waals surface area contributed by atoms with Crippen LogP contribution in [0.4, 0.5) is 4.79 Å². The summed E-state index contributed by atoms with van der Waals surface area (Å²) in [4.78, 5) is 18.8. The van der Waals surface area contributed by atoms with Crippen LogP contribution in [0.25, 0.3) is 0 Å². The highest BCUT2D eigenvalue weighted by atomic mass is 16.6. The first-order valence-electron chi connectivity index (χ1n) is 10.5. The molecule has 1 N–H and O–H groups in total. The van der Waals surface area contributed by atoms with Crippen LogP contribution in [0.2, 0.25) is 0 Å². The van der Waals surface area contributed by atoms with Crippen LogP contribution in [0.15, 0.2) is 28.8 Å². The van der Waals surface area contributed by atoms with E-state index in [2.05, 4.69) is 27.3 Å². The highest BCUT2D eigenvalue weighted by molar-refractivity contribution is 5.68. The van der Waals surface area contributed by atoms with Gasteiger partial charge in [0.2, 0.25) is 5.89 Å². The molecule has 170 valence electrons. The van der Waals surface area contributed by atoms with Crippen LogP contribution in [-0.2, 0) is 16.8 Å². The Hall–Kier alpha value is -2.81. The number of rotatable bonds is 7. The predicted molar refractivity (Wildman–Crippen MR) is 114 cm³/mol. The Morgan fingerprint density at radius 2 is 1.94 bits per heavy atom. The van der Waals surface area contributed by atoms with E-state index in [-0.39, 0.29) is 6.10 Å². The number of alkyl carbamates (subject to hydrolysis) is 1. The molecule has 1 aliphatic heterocycles. The van der Waals surface area contributed by atoms with Crippen molar-refractivity contribution in [2.24, 2.45) is 0 Å². The number of fused-ring (bicyclic) bond motifs is 1. The average molecular weight is 433 g/mol. The number of para-hydroxylation sites is 2. The van der Waals surface area contributed by atoms with Gasteiger partial charge in [-0.3, -0.25) is 4.90 Å². The fraction of sp³-hybridized carbons (Fsp3) is 0.591. The molecular weight excluding hydrogens is 400 g/mol. The number of nitrogens with zero attached hydrogens (tertiary/aromatic N) is 3. The lowest BCUT2D eigenvalue weighted by atomic mass is 10.1. The van der Waals surface area contributed by atoms with Crippen LogP contribution < -0.4 is 14.8 Å². The molecule has 0 radical (unpaired) electrons. The molecule has 1 aromatic heterocycles. The number of hydrogen-bond acceptors (Lipinski definition) is 8. The van der Waals surface area contributed by atoms with Crippen molar-refractivity contribution in [1.29, 1.82) is 0 Å². The van der Waals surface area contributed by atoms with Gasteiger partial charge < -0.3 is 24.1 Å². The third kappa shape index (κ3) is 6.33. The van der Waals surface area contributed by atoms with Crippen molar-refractivity contribution in [3.63, 3.8) is 0 Å². The molecule has 9 nitrogen and oxygen atoms in total. The molecule has 0 fully saturated rings. The summed E-state index contributed by atoms with van der Waals surface area (Å²) in [5.41, 5.74) is -1.43. The molecule has 9 heteroatoms. The molecule has 0 spiro atoms.